The highest BCUT2D eigenvalue weighted by Crippen LogP contribution is 2.47. The van der Waals surface area contributed by atoms with E-state index in [0.717, 1.165) is 44.0 Å². The van der Waals surface area contributed by atoms with E-state index in [1.807, 2.05) is 0 Å². The summed E-state index contributed by atoms with van der Waals surface area (Å²) in [4.78, 5) is 31.0. The second kappa shape index (κ2) is 14.0. The van der Waals surface area contributed by atoms with Gasteiger partial charge in [0.05, 0.1) is 24.3 Å². The second-order valence-corrected chi connectivity index (χ2v) is 12.9. The number of carbonyl (C=O) groups excluding carboxylic acids is 2. The van der Waals surface area contributed by atoms with Gasteiger partial charge >= 0.3 is 6.18 Å². The van der Waals surface area contributed by atoms with Crippen LogP contribution in [0.2, 0.25) is 0 Å². The van der Waals surface area contributed by atoms with Gasteiger partial charge in [0.15, 0.2) is 15.6 Å². The molecular weight excluding hydrogens is 597 g/mol. The molecule has 0 aliphatic carbocycles. The van der Waals surface area contributed by atoms with Crippen molar-refractivity contribution in [3.05, 3.63) is 70.6 Å². The first-order valence-corrected chi connectivity index (χ1v) is 15.4. The SMILES string of the molecule is CC(=O)/C(CNC(=O)CS(C)(=O)=O)=C(\C[C@](C)(c1ccc(CN2CCOCC2)cc1)C(F)(F)F)c1ccc(C(F)F)cn1. The van der Waals surface area contributed by atoms with Crippen molar-refractivity contribution < 1.29 is 44.7 Å². The van der Waals surface area contributed by atoms with E-state index in [-0.39, 0.29) is 22.4 Å². The van der Waals surface area contributed by atoms with Crippen LogP contribution in [-0.4, -0.2) is 81.0 Å². The van der Waals surface area contributed by atoms with Gasteiger partial charge in [-0.15, -0.1) is 0 Å². The minimum atomic E-state index is -4.84. The summed E-state index contributed by atoms with van der Waals surface area (Å²) in [6.07, 6.45) is -6.90. The molecule has 1 aromatic carbocycles. The van der Waals surface area contributed by atoms with E-state index in [1.54, 1.807) is 12.1 Å². The number of hydrogen-bond donors (Lipinski definition) is 1. The number of morpholine rings is 1. The molecule has 1 atom stereocenters. The van der Waals surface area contributed by atoms with Gasteiger partial charge in [-0.1, -0.05) is 24.3 Å². The molecule has 0 spiro atoms. The van der Waals surface area contributed by atoms with Crippen molar-refractivity contribution >= 4 is 27.1 Å². The Balaban J connectivity index is 2.06. The Morgan fingerprint density at radius 1 is 1.07 bits per heavy atom. The van der Waals surface area contributed by atoms with Crippen molar-refractivity contribution in [1.29, 1.82) is 0 Å². The van der Waals surface area contributed by atoms with Crippen LogP contribution in [0, 0.1) is 0 Å². The van der Waals surface area contributed by atoms with Crippen molar-refractivity contribution in [2.45, 2.75) is 44.8 Å². The number of Topliss-reactive ketones (excluding diaryl/α,β-unsaturated/α-hetero) is 1. The molecular formula is C29H34F5N3O5S. The summed E-state index contributed by atoms with van der Waals surface area (Å²) in [5.74, 6) is -2.57. The molecule has 2 heterocycles. The Hall–Kier alpha value is -3.23. The molecule has 0 radical (unpaired) electrons. The highest BCUT2D eigenvalue weighted by atomic mass is 32.2. The molecule has 14 heteroatoms. The van der Waals surface area contributed by atoms with E-state index in [1.165, 1.54) is 12.1 Å². The lowest BCUT2D eigenvalue weighted by Gasteiger charge is -2.34. The van der Waals surface area contributed by atoms with Crippen LogP contribution in [0.15, 0.2) is 48.2 Å². The molecule has 236 valence electrons. The Bertz CT molecular complexity index is 1420. The number of sulfone groups is 1. The predicted octanol–water partition coefficient (Wildman–Crippen LogP) is 4.27. The van der Waals surface area contributed by atoms with Crippen molar-refractivity contribution in [2.24, 2.45) is 0 Å². The summed E-state index contributed by atoms with van der Waals surface area (Å²) >= 11 is 0. The summed E-state index contributed by atoms with van der Waals surface area (Å²) in [5, 5.41) is 2.27. The van der Waals surface area contributed by atoms with Gasteiger partial charge in [0.25, 0.3) is 6.43 Å². The van der Waals surface area contributed by atoms with Gasteiger partial charge < -0.3 is 10.1 Å². The Morgan fingerprint density at radius 2 is 1.70 bits per heavy atom. The van der Waals surface area contributed by atoms with Crippen molar-refractivity contribution in [3.63, 3.8) is 0 Å². The average Bonchev–Trinajstić information content (AvgIpc) is 2.91. The Morgan fingerprint density at radius 3 is 2.19 bits per heavy atom. The van der Waals surface area contributed by atoms with Crippen LogP contribution in [0.4, 0.5) is 22.0 Å². The third-order valence-electron chi connectivity index (χ3n) is 7.25. The molecule has 1 saturated heterocycles. The van der Waals surface area contributed by atoms with E-state index in [2.05, 4.69) is 15.2 Å². The molecule has 0 saturated carbocycles. The quantitative estimate of drug-likeness (QED) is 0.276. The average molecular weight is 632 g/mol. The summed E-state index contributed by atoms with van der Waals surface area (Å²) in [6, 6.07) is 8.04. The van der Waals surface area contributed by atoms with Gasteiger partial charge in [-0.25, -0.2) is 17.2 Å². The van der Waals surface area contributed by atoms with Crippen LogP contribution >= 0.6 is 0 Å². The van der Waals surface area contributed by atoms with Crippen LogP contribution < -0.4 is 5.32 Å². The summed E-state index contributed by atoms with van der Waals surface area (Å²) in [5.41, 5.74) is -2.98. The molecule has 1 fully saturated rings. The molecule has 1 N–H and O–H groups in total. The van der Waals surface area contributed by atoms with Crippen LogP contribution in [0.1, 0.15) is 49.1 Å². The summed E-state index contributed by atoms with van der Waals surface area (Å²) < 4.78 is 99.4. The van der Waals surface area contributed by atoms with E-state index in [0.29, 0.717) is 32.8 Å². The first-order valence-electron chi connectivity index (χ1n) is 13.4. The van der Waals surface area contributed by atoms with Crippen LogP contribution in [-0.2, 0) is 36.1 Å². The fourth-order valence-corrected chi connectivity index (χ4v) is 5.28. The number of aromatic nitrogens is 1. The molecule has 1 amide bonds. The highest BCUT2D eigenvalue weighted by Gasteiger charge is 2.53. The molecule has 3 rings (SSSR count). The number of carbonyl (C=O) groups is 2. The Labute approximate surface area is 247 Å². The zero-order valence-electron chi connectivity index (χ0n) is 24.0. The van der Waals surface area contributed by atoms with E-state index >= 15 is 0 Å². The molecule has 1 aliphatic heterocycles. The summed E-state index contributed by atoms with van der Waals surface area (Å²) in [7, 11) is -3.73. The smallest absolute Gasteiger partial charge is 0.379 e. The molecule has 1 aromatic heterocycles. The van der Waals surface area contributed by atoms with Crippen LogP contribution in [0.25, 0.3) is 5.57 Å². The lowest BCUT2D eigenvalue weighted by molar-refractivity contribution is -0.184. The van der Waals surface area contributed by atoms with Gasteiger partial charge in [0.2, 0.25) is 5.91 Å². The van der Waals surface area contributed by atoms with Crippen molar-refractivity contribution in [1.82, 2.24) is 15.2 Å². The number of ketones is 1. The number of nitrogens with one attached hydrogen (secondary N) is 1. The van der Waals surface area contributed by atoms with E-state index < -0.39 is 63.8 Å². The number of benzene rings is 1. The zero-order valence-corrected chi connectivity index (χ0v) is 24.8. The van der Waals surface area contributed by atoms with E-state index in [4.69, 9.17) is 4.74 Å². The van der Waals surface area contributed by atoms with Gasteiger partial charge in [-0.2, -0.15) is 13.2 Å². The van der Waals surface area contributed by atoms with Gasteiger partial charge in [0.1, 0.15) is 5.75 Å². The maximum atomic E-state index is 14.9. The van der Waals surface area contributed by atoms with E-state index in [9.17, 15) is 40.0 Å². The Kier molecular flexibility index (Phi) is 11.2. The molecule has 43 heavy (non-hydrogen) atoms. The number of amides is 1. The largest absolute Gasteiger partial charge is 0.398 e. The highest BCUT2D eigenvalue weighted by molar-refractivity contribution is 7.91. The van der Waals surface area contributed by atoms with Crippen LogP contribution in [0.3, 0.4) is 0 Å². The number of alkyl halides is 5. The third-order valence-corrected chi connectivity index (χ3v) is 8.04. The predicted molar refractivity (Wildman–Crippen MR) is 150 cm³/mol. The molecule has 0 unspecified atom stereocenters. The zero-order chi connectivity index (χ0) is 32.0. The van der Waals surface area contributed by atoms with Gasteiger partial charge in [-0.3, -0.25) is 19.5 Å². The number of rotatable bonds is 12. The number of halogens is 5. The molecule has 2 aromatic rings. The first-order chi connectivity index (χ1) is 20.0. The van der Waals surface area contributed by atoms with Crippen molar-refractivity contribution in [2.75, 3.05) is 44.9 Å². The molecule has 0 bridgehead atoms. The second-order valence-electron chi connectivity index (χ2n) is 10.7. The third kappa shape index (κ3) is 9.38. The first kappa shape index (κ1) is 34.3. The lowest BCUT2D eigenvalue weighted by Crippen LogP contribution is -2.40. The maximum Gasteiger partial charge on any atom is 0.398 e. The normalized spacial score (nSPS) is 16.9. The number of ether oxygens (including phenoxy) is 1. The number of allylic oxidation sites excluding steroid dienone is 1. The van der Waals surface area contributed by atoms with Gasteiger partial charge in [-0.05, 0) is 49.1 Å². The number of pyridine rings is 1. The number of hydrogen-bond acceptors (Lipinski definition) is 7. The number of nitrogens with zero attached hydrogens (tertiary/aromatic N) is 2. The van der Waals surface area contributed by atoms with Crippen molar-refractivity contribution in [3.8, 4) is 0 Å². The van der Waals surface area contributed by atoms with Crippen LogP contribution in [0.5, 0.6) is 0 Å². The van der Waals surface area contributed by atoms with Gasteiger partial charge in [0, 0.05) is 49.8 Å². The fraction of sp³-hybridized carbons (Fsp3) is 0.483. The summed E-state index contributed by atoms with van der Waals surface area (Å²) in [6.45, 7) is 4.51. The monoisotopic (exact) mass is 631 g/mol. The molecule has 1 aliphatic rings. The minimum Gasteiger partial charge on any atom is -0.379 e. The standard InChI is InChI=1S/C29H34F5N3O5S/c1-19(38)24(16-36-26(39)18-43(3,40)41)23(25-9-6-21(15-35-25)27(30)31)14-28(2,29(32,33)34)22-7-4-20(5-8-22)17-37-10-12-42-13-11-37/h4-9,15,27H,10-14,16-18H2,1-3H3,(H,36,39)/b24-23+/t28-/m1/s1. The minimum absolute atomic E-state index is 0.101. The lowest BCUT2D eigenvalue weighted by atomic mass is 9.74. The fourth-order valence-electron chi connectivity index (χ4n) is 4.70. The molecule has 8 nitrogen and oxygen atoms in total. The maximum absolute atomic E-state index is 14.9. The topological polar surface area (TPSA) is 106 Å².